The summed E-state index contributed by atoms with van der Waals surface area (Å²) in [5, 5.41) is 7.65. The third kappa shape index (κ3) is 4.16. The van der Waals surface area contributed by atoms with Crippen LogP contribution in [0.2, 0.25) is 0 Å². The first-order valence-electron chi connectivity index (χ1n) is 8.03. The van der Waals surface area contributed by atoms with Crippen LogP contribution in [-0.4, -0.2) is 46.0 Å². The molecule has 124 valence electrons. The summed E-state index contributed by atoms with van der Waals surface area (Å²) in [4.78, 5) is 26.1. The Labute approximate surface area is 140 Å². The summed E-state index contributed by atoms with van der Waals surface area (Å²) in [6.45, 7) is 1.16. The zero-order valence-corrected chi connectivity index (χ0v) is 13.3. The van der Waals surface area contributed by atoms with Gasteiger partial charge in [-0.15, -0.1) is 5.10 Å². The zero-order valence-electron chi connectivity index (χ0n) is 13.3. The molecule has 1 fully saturated rings. The lowest BCUT2D eigenvalue weighted by atomic mass is 10.1. The van der Waals surface area contributed by atoms with Gasteiger partial charge < -0.3 is 9.64 Å². The molecule has 0 saturated carbocycles. The van der Waals surface area contributed by atoms with Crippen molar-refractivity contribution < 1.29 is 14.3 Å². The van der Waals surface area contributed by atoms with Crippen LogP contribution in [0.5, 0.6) is 5.88 Å². The molecule has 1 atom stereocenters. The van der Waals surface area contributed by atoms with Gasteiger partial charge in [0.2, 0.25) is 11.8 Å². The highest BCUT2D eigenvalue weighted by Crippen LogP contribution is 2.17. The fourth-order valence-electron chi connectivity index (χ4n) is 2.72. The molecule has 6 heteroatoms. The molecule has 1 unspecified atom stereocenters. The van der Waals surface area contributed by atoms with E-state index in [9.17, 15) is 9.59 Å². The summed E-state index contributed by atoms with van der Waals surface area (Å²) in [6, 6.07) is 12.6. The quantitative estimate of drug-likeness (QED) is 0.761. The summed E-state index contributed by atoms with van der Waals surface area (Å²) in [5.41, 5.74) is 0.649. The Kier molecular flexibility index (Phi) is 5.15. The van der Waals surface area contributed by atoms with Crippen molar-refractivity contribution in [2.75, 3.05) is 13.1 Å². The van der Waals surface area contributed by atoms with Gasteiger partial charge in [-0.3, -0.25) is 9.59 Å². The van der Waals surface area contributed by atoms with Gasteiger partial charge in [-0.1, -0.05) is 30.3 Å². The van der Waals surface area contributed by atoms with Crippen molar-refractivity contribution in [2.45, 2.75) is 25.4 Å². The number of hydrogen-bond acceptors (Lipinski definition) is 5. The van der Waals surface area contributed by atoms with E-state index in [0.29, 0.717) is 24.5 Å². The van der Waals surface area contributed by atoms with Gasteiger partial charge in [0.05, 0.1) is 6.54 Å². The van der Waals surface area contributed by atoms with E-state index >= 15 is 0 Å². The minimum Gasteiger partial charge on any atom is -0.471 e. The summed E-state index contributed by atoms with van der Waals surface area (Å²) in [7, 11) is 0. The Bertz CT molecular complexity index is 691. The fourth-order valence-corrected chi connectivity index (χ4v) is 2.72. The Morgan fingerprint density at radius 3 is 2.71 bits per heavy atom. The molecule has 3 rings (SSSR count). The van der Waals surface area contributed by atoms with Crippen LogP contribution < -0.4 is 4.74 Å². The predicted octanol–water partition coefficient (Wildman–Crippen LogP) is 2.12. The van der Waals surface area contributed by atoms with Crippen molar-refractivity contribution in [3.63, 3.8) is 0 Å². The van der Waals surface area contributed by atoms with Crippen LogP contribution in [0.1, 0.15) is 29.6 Å². The maximum atomic E-state index is 12.3. The topological polar surface area (TPSA) is 72.4 Å². The van der Waals surface area contributed by atoms with E-state index in [2.05, 4.69) is 10.2 Å². The van der Waals surface area contributed by atoms with Gasteiger partial charge in [-0.2, -0.15) is 5.10 Å². The number of rotatable bonds is 6. The van der Waals surface area contributed by atoms with E-state index < -0.39 is 0 Å². The summed E-state index contributed by atoms with van der Waals surface area (Å²) < 4.78 is 5.72. The second-order valence-electron chi connectivity index (χ2n) is 5.72. The van der Waals surface area contributed by atoms with E-state index in [-0.39, 0.29) is 30.6 Å². The highest BCUT2D eigenvalue weighted by atomic mass is 16.5. The van der Waals surface area contributed by atoms with E-state index in [1.54, 1.807) is 35.4 Å². The average Bonchev–Trinajstić information content (AvgIpc) is 3.09. The van der Waals surface area contributed by atoms with Crippen molar-refractivity contribution in [3.05, 3.63) is 54.2 Å². The maximum Gasteiger partial charge on any atom is 0.233 e. The first-order valence-corrected chi connectivity index (χ1v) is 8.03. The highest BCUT2D eigenvalue weighted by Gasteiger charge is 2.28. The number of benzene rings is 1. The first-order chi connectivity index (χ1) is 11.7. The second kappa shape index (κ2) is 7.68. The SMILES string of the molecule is O=C(CCC(=O)N1CCC(Oc2cccnn2)C1)c1ccccc1. The number of nitrogens with zero attached hydrogens (tertiary/aromatic N) is 3. The summed E-state index contributed by atoms with van der Waals surface area (Å²) >= 11 is 0. The number of Topliss-reactive ketones (excluding diaryl/α,β-unsaturated/α-hetero) is 1. The molecule has 0 N–H and O–H groups in total. The number of ketones is 1. The van der Waals surface area contributed by atoms with Crippen molar-refractivity contribution in [2.24, 2.45) is 0 Å². The summed E-state index contributed by atoms with van der Waals surface area (Å²) in [5.74, 6) is 0.455. The van der Waals surface area contributed by atoms with Gasteiger partial charge >= 0.3 is 0 Å². The van der Waals surface area contributed by atoms with E-state index in [4.69, 9.17) is 4.74 Å². The predicted molar refractivity (Wildman–Crippen MR) is 87.7 cm³/mol. The number of carbonyl (C=O) groups is 2. The van der Waals surface area contributed by atoms with Crippen LogP contribution in [0.15, 0.2) is 48.7 Å². The van der Waals surface area contributed by atoms with Crippen LogP contribution in [0.25, 0.3) is 0 Å². The van der Waals surface area contributed by atoms with Crippen LogP contribution in [0.4, 0.5) is 0 Å². The molecule has 6 nitrogen and oxygen atoms in total. The number of amides is 1. The smallest absolute Gasteiger partial charge is 0.233 e. The number of carbonyl (C=O) groups excluding carboxylic acids is 2. The van der Waals surface area contributed by atoms with Gasteiger partial charge in [-0.05, 0) is 6.07 Å². The van der Waals surface area contributed by atoms with E-state index in [1.807, 2.05) is 18.2 Å². The van der Waals surface area contributed by atoms with E-state index in [1.165, 1.54) is 0 Å². The Hall–Kier alpha value is -2.76. The van der Waals surface area contributed by atoms with Crippen LogP contribution in [0, 0.1) is 0 Å². The number of likely N-dealkylation sites (tertiary alicyclic amines) is 1. The molecule has 1 aromatic carbocycles. The maximum absolute atomic E-state index is 12.3. The molecule has 24 heavy (non-hydrogen) atoms. The first kappa shape index (κ1) is 16.1. The molecule has 0 spiro atoms. The third-order valence-electron chi connectivity index (χ3n) is 3.99. The van der Waals surface area contributed by atoms with Gasteiger partial charge in [0.25, 0.3) is 0 Å². The minimum absolute atomic E-state index is 0.00416. The molecule has 2 heterocycles. The fraction of sp³-hybridized carbons (Fsp3) is 0.333. The molecule has 1 aliphatic rings. The van der Waals surface area contributed by atoms with Crippen LogP contribution in [-0.2, 0) is 4.79 Å². The molecule has 1 aliphatic heterocycles. The average molecular weight is 325 g/mol. The monoisotopic (exact) mass is 325 g/mol. The molecule has 1 saturated heterocycles. The minimum atomic E-state index is -0.0736. The molecular formula is C18H19N3O3. The van der Waals surface area contributed by atoms with Crippen molar-refractivity contribution in [3.8, 4) is 5.88 Å². The number of aromatic nitrogens is 2. The van der Waals surface area contributed by atoms with Gasteiger partial charge in [0.1, 0.15) is 6.10 Å². The van der Waals surface area contributed by atoms with Crippen molar-refractivity contribution in [1.29, 1.82) is 0 Å². The molecule has 2 aromatic rings. The number of hydrogen-bond donors (Lipinski definition) is 0. The second-order valence-corrected chi connectivity index (χ2v) is 5.72. The molecular weight excluding hydrogens is 306 g/mol. The Morgan fingerprint density at radius 1 is 1.12 bits per heavy atom. The number of ether oxygens (including phenoxy) is 1. The Morgan fingerprint density at radius 2 is 1.96 bits per heavy atom. The van der Waals surface area contributed by atoms with E-state index in [0.717, 1.165) is 6.42 Å². The largest absolute Gasteiger partial charge is 0.471 e. The van der Waals surface area contributed by atoms with Crippen molar-refractivity contribution in [1.82, 2.24) is 15.1 Å². The molecule has 1 aromatic heterocycles. The lowest BCUT2D eigenvalue weighted by molar-refractivity contribution is -0.130. The van der Waals surface area contributed by atoms with Gasteiger partial charge in [0, 0.05) is 43.6 Å². The highest BCUT2D eigenvalue weighted by molar-refractivity contribution is 5.97. The van der Waals surface area contributed by atoms with Crippen LogP contribution >= 0.6 is 0 Å². The Balaban J connectivity index is 1.45. The summed E-state index contributed by atoms with van der Waals surface area (Å²) in [6.07, 6.45) is 2.73. The normalized spacial score (nSPS) is 16.8. The molecule has 0 aliphatic carbocycles. The molecule has 1 amide bonds. The molecule has 0 radical (unpaired) electrons. The van der Waals surface area contributed by atoms with Crippen LogP contribution in [0.3, 0.4) is 0 Å². The lowest BCUT2D eigenvalue weighted by Gasteiger charge is -2.16. The zero-order chi connectivity index (χ0) is 16.8. The van der Waals surface area contributed by atoms with Gasteiger partial charge in [-0.25, -0.2) is 0 Å². The standard InChI is InChI=1S/C18H19N3O3/c22-16(14-5-2-1-3-6-14)8-9-18(23)21-12-10-15(13-21)24-17-7-4-11-19-20-17/h1-7,11,15H,8-10,12-13H2. The molecule has 0 bridgehead atoms. The van der Waals surface area contributed by atoms with Crippen molar-refractivity contribution >= 4 is 11.7 Å². The van der Waals surface area contributed by atoms with Gasteiger partial charge in [0.15, 0.2) is 5.78 Å². The third-order valence-corrected chi connectivity index (χ3v) is 3.99. The lowest BCUT2D eigenvalue weighted by Crippen LogP contribution is -2.31.